The van der Waals surface area contributed by atoms with Gasteiger partial charge in [0.25, 0.3) is 0 Å². The summed E-state index contributed by atoms with van der Waals surface area (Å²) in [6, 6.07) is 3.28. The van der Waals surface area contributed by atoms with Crippen molar-refractivity contribution in [3.8, 4) is 0 Å². The Morgan fingerprint density at radius 1 is 1.23 bits per heavy atom. The van der Waals surface area contributed by atoms with Crippen LogP contribution in [0.5, 0.6) is 0 Å². The van der Waals surface area contributed by atoms with Crippen molar-refractivity contribution < 1.29 is 8.42 Å². The molecule has 0 saturated heterocycles. The third-order valence-electron chi connectivity index (χ3n) is 1.80. The zero-order valence-electron chi connectivity index (χ0n) is 7.53. The van der Waals surface area contributed by atoms with E-state index in [0.717, 1.165) is 11.1 Å². The molecule has 0 bridgehead atoms. The summed E-state index contributed by atoms with van der Waals surface area (Å²) in [4.78, 5) is 0.00463. The second kappa shape index (κ2) is 3.01. The highest BCUT2D eigenvalue weighted by Gasteiger charge is 2.13. The third kappa shape index (κ3) is 1.99. The molecule has 4 N–H and O–H groups in total. The summed E-state index contributed by atoms with van der Waals surface area (Å²) < 4.78 is 22.1. The number of rotatable bonds is 1. The molecule has 5 heteroatoms. The average molecular weight is 200 g/mol. The molecule has 0 aliphatic carbocycles. The predicted octanol–water partition coefficient (Wildman–Crippen LogP) is 0.533. The lowest BCUT2D eigenvalue weighted by Gasteiger charge is -2.07. The minimum absolute atomic E-state index is 0.00463. The molecule has 0 aliphatic heterocycles. The second-order valence-electron chi connectivity index (χ2n) is 3.04. The summed E-state index contributed by atoms with van der Waals surface area (Å²) in [6.45, 7) is 3.54. The van der Waals surface area contributed by atoms with Crippen LogP contribution in [0.25, 0.3) is 0 Å². The average Bonchev–Trinajstić information content (AvgIpc) is 1.94. The maximum Gasteiger partial charge on any atom is 0.240 e. The van der Waals surface area contributed by atoms with E-state index in [1.165, 1.54) is 6.07 Å². The number of anilines is 1. The summed E-state index contributed by atoms with van der Waals surface area (Å²) in [6.07, 6.45) is 0. The van der Waals surface area contributed by atoms with Gasteiger partial charge in [0.1, 0.15) is 4.90 Å². The normalized spacial score (nSPS) is 11.6. The third-order valence-corrected chi connectivity index (χ3v) is 2.75. The van der Waals surface area contributed by atoms with Gasteiger partial charge < -0.3 is 5.73 Å². The molecule has 13 heavy (non-hydrogen) atoms. The second-order valence-corrected chi connectivity index (χ2v) is 4.57. The molecule has 0 aromatic heterocycles. The van der Waals surface area contributed by atoms with Crippen LogP contribution in [-0.2, 0) is 10.0 Å². The molecule has 0 amide bonds. The first-order valence-corrected chi connectivity index (χ1v) is 5.26. The summed E-state index contributed by atoms with van der Waals surface area (Å²) in [5.41, 5.74) is 7.36. The fourth-order valence-electron chi connectivity index (χ4n) is 1.18. The molecule has 1 aromatic rings. The van der Waals surface area contributed by atoms with Gasteiger partial charge >= 0.3 is 0 Å². The summed E-state index contributed by atoms with van der Waals surface area (Å²) in [5, 5.41) is 4.99. The van der Waals surface area contributed by atoms with Gasteiger partial charge in [-0.3, -0.25) is 0 Å². The molecule has 0 fully saturated rings. The molecule has 4 nitrogen and oxygen atoms in total. The van der Waals surface area contributed by atoms with Gasteiger partial charge in [0, 0.05) is 0 Å². The number of sulfonamides is 1. The van der Waals surface area contributed by atoms with Gasteiger partial charge in [-0.25, -0.2) is 13.6 Å². The van der Waals surface area contributed by atoms with Crippen LogP contribution in [0, 0.1) is 13.8 Å². The van der Waals surface area contributed by atoms with E-state index in [0.29, 0.717) is 0 Å². The van der Waals surface area contributed by atoms with Gasteiger partial charge in [-0.2, -0.15) is 0 Å². The van der Waals surface area contributed by atoms with E-state index in [9.17, 15) is 8.42 Å². The number of nitrogens with two attached hydrogens (primary N) is 2. The number of hydrogen-bond acceptors (Lipinski definition) is 3. The minimum Gasteiger partial charge on any atom is -0.397 e. The van der Waals surface area contributed by atoms with E-state index in [1.54, 1.807) is 13.8 Å². The van der Waals surface area contributed by atoms with Crippen molar-refractivity contribution >= 4 is 15.7 Å². The van der Waals surface area contributed by atoms with Crippen LogP contribution in [0.1, 0.15) is 11.1 Å². The summed E-state index contributed by atoms with van der Waals surface area (Å²) >= 11 is 0. The van der Waals surface area contributed by atoms with Gasteiger partial charge in [0.15, 0.2) is 0 Å². The summed E-state index contributed by atoms with van der Waals surface area (Å²) in [7, 11) is -3.70. The number of nitrogen functional groups attached to an aromatic ring is 1. The lowest BCUT2D eigenvalue weighted by Crippen LogP contribution is -2.15. The van der Waals surface area contributed by atoms with E-state index >= 15 is 0 Å². The number of aryl methyl sites for hydroxylation is 2. The van der Waals surface area contributed by atoms with Gasteiger partial charge in [0.05, 0.1) is 5.69 Å². The molecule has 1 rings (SSSR count). The molecule has 72 valence electrons. The number of hydrogen-bond donors (Lipinski definition) is 2. The van der Waals surface area contributed by atoms with E-state index in [-0.39, 0.29) is 10.6 Å². The van der Waals surface area contributed by atoms with E-state index in [2.05, 4.69) is 0 Å². The Kier molecular flexibility index (Phi) is 2.32. The predicted molar refractivity (Wildman–Crippen MR) is 51.7 cm³/mol. The zero-order chi connectivity index (χ0) is 10.2. The number of benzene rings is 1. The van der Waals surface area contributed by atoms with Crippen molar-refractivity contribution in [1.82, 2.24) is 0 Å². The molecular weight excluding hydrogens is 188 g/mol. The molecule has 0 spiro atoms. The fourth-order valence-corrected chi connectivity index (χ4v) is 1.99. The van der Waals surface area contributed by atoms with Crippen LogP contribution in [0.4, 0.5) is 5.69 Å². The van der Waals surface area contributed by atoms with Crippen LogP contribution in [-0.4, -0.2) is 8.42 Å². The quantitative estimate of drug-likeness (QED) is 0.648. The molecule has 1 aromatic carbocycles. The first kappa shape index (κ1) is 10.0. The topological polar surface area (TPSA) is 86.2 Å². The summed E-state index contributed by atoms with van der Waals surface area (Å²) in [5.74, 6) is 0. The minimum atomic E-state index is -3.70. The highest BCUT2D eigenvalue weighted by molar-refractivity contribution is 7.89. The van der Waals surface area contributed by atoms with Crippen LogP contribution in [0.15, 0.2) is 17.0 Å². The Hall–Kier alpha value is -1.07. The lowest BCUT2D eigenvalue weighted by molar-refractivity contribution is 0.598. The molecule has 0 atom stereocenters. The maximum absolute atomic E-state index is 11.1. The molecular formula is C8H12N2O2S. The van der Waals surface area contributed by atoms with Crippen LogP contribution < -0.4 is 10.9 Å². The number of primary sulfonamides is 1. The Bertz CT molecular complexity index is 438. The van der Waals surface area contributed by atoms with E-state index < -0.39 is 10.0 Å². The first-order valence-electron chi connectivity index (χ1n) is 3.72. The standard InChI is InChI=1S/C8H12N2O2S/c1-5-3-6(2)8(9)7(4-5)13(10,11)12/h3-4H,9H2,1-2H3,(H2,10,11,12). The lowest BCUT2D eigenvalue weighted by atomic mass is 10.1. The van der Waals surface area contributed by atoms with Gasteiger partial charge in [-0.1, -0.05) is 6.07 Å². The van der Waals surface area contributed by atoms with Crippen molar-refractivity contribution in [2.75, 3.05) is 5.73 Å². The van der Waals surface area contributed by atoms with Crippen LogP contribution in [0.2, 0.25) is 0 Å². The Morgan fingerprint density at radius 3 is 2.23 bits per heavy atom. The van der Waals surface area contributed by atoms with Gasteiger partial charge in [-0.15, -0.1) is 0 Å². The van der Waals surface area contributed by atoms with Crippen LogP contribution >= 0.6 is 0 Å². The smallest absolute Gasteiger partial charge is 0.240 e. The van der Waals surface area contributed by atoms with E-state index in [1.807, 2.05) is 6.07 Å². The molecule has 0 radical (unpaired) electrons. The molecule has 0 heterocycles. The Balaban J connectivity index is 3.56. The van der Waals surface area contributed by atoms with Gasteiger partial charge in [-0.05, 0) is 31.0 Å². The van der Waals surface area contributed by atoms with Gasteiger partial charge in [0.2, 0.25) is 10.0 Å². The van der Waals surface area contributed by atoms with Crippen molar-refractivity contribution in [2.24, 2.45) is 5.14 Å². The molecule has 0 aliphatic rings. The highest BCUT2D eigenvalue weighted by atomic mass is 32.2. The monoisotopic (exact) mass is 200 g/mol. The maximum atomic E-state index is 11.1. The SMILES string of the molecule is Cc1cc(C)c(N)c(S(N)(=O)=O)c1. The van der Waals surface area contributed by atoms with Crippen molar-refractivity contribution in [2.45, 2.75) is 18.7 Å². The molecule has 0 saturated carbocycles. The van der Waals surface area contributed by atoms with E-state index in [4.69, 9.17) is 10.9 Å². The van der Waals surface area contributed by atoms with Crippen molar-refractivity contribution in [3.05, 3.63) is 23.3 Å². The Labute approximate surface area is 77.6 Å². The highest BCUT2D eigenvalue weighted by Crippen LogP contribution is 2.22. The first-order chi connectivity index (χ1) is 5.82. The van der Waals surface area contributed by atoms with Crippen molar-refractivity contribution in [1.29, 1.82) is 0 Å². The Morgan fingerprint density at radius 2 is 1.77 bits per heavy atom. The van der Waals surface area contributed by atoms with Crippen molar-refractivity contribution in [3.63, 3.8) is 0 Å². The molecule has 0 unspecified atom stereocenters. The fraction of sp³-hybridized carbons (Fsp3) is 0.250. The largest absolute Gasteiger partial charge is 0.397 e. The van der Waals surface area contributed by atoms with Crippen LogP contribution in [0.3, 0.4) is 0 Å². The zero-order valence-corrected chi connectivity index (χ0v) is 8.35.